The van der Waals surface area contributed by atoms with E-state index >= 15 is 8.78 Å². The minimum absolute atomic E-state index is 0.0185. The molecular weight excluding hydrogens is 578 g/mol. The number of carbonyl (C=O) groups is 1. The fourth-order valence-electron chi connectivity index (χ4n) is 4.94. The molecule has 1 aliphatic carbocycles. The van der Waals surface area contributed by atoms with Gasteiger partial charge < -0.3 is 14.4 Å². The number of imidazole rings is 1. The zero-order valence-corrected chi connectivity index (χ0v) is 23.0. The first-order chi connectivity index (χ1) is 21.2. The van der Waals surface area contributed by atoms with Crippen LogP contribution < -0.4 is 4.74 Å². The van der Waals surface area contributed by atoms with Crippen molar-refractivity contribution in [2.24, 2.45) is 5.41 Å². The predicted molar refractivity (Wildman–Crippen MR) is 150 cm³/mol. The maximum Gasteiger partial charge on any atom is 0.354 e. The van der Waals surface area contributed by atoms with E-state index in [1.165, 1.54) is 42.5 Å². The Kier molecular flexibility index (Phi) is 7.47. The average Bonchev–Trinajstić information content (AvgIpc) is 3.73. The number of nitriles is 1. The molecule has 12 heteroatoms. The molecule has 0 saturated heterocycles. The molecule has 0 spiro atoms. The normalized spacial score (nSPS) is 13.5. The topological polar surface area (TPSA) is 114 Å². The van der Waals surface area contributed by atoms with E-state index in [9.17, 15) is 18.7 Å². The molecule has 1 fully saturated rings. The molecule has 1 N–H and O–H groups in total. The number of aromatic carboxylic acids is 1. The van der Waals surface area contributed by atoms with Crippen LogP contribution in [0.1, 0.15) is 45.8 Å². The van der Waals surface area contributed by atoms with E-state index in [-0.39, 0.29) is 64.7 Å². The number of fused-ring (bicyclic) bond motifs is 1. The zero-order chi connectivity index (χ0) is 31.0. The van der Waals surface area contributed by atoms with Crippen molar-refractivity contribution in [1.29, 1.82) is 5.26 Å². The standard InChI is InChI=1S/C32H23F4N5O3/c33-16-32(8-9-32)17-41-28(38-26-6-7-27(31(42)43)40-30(26)41)12-20-11-24(36)21(13-23(20)35)25-2-1-3-29(39-25)44-15-19-5-4-18(14-37)10-22(19)34/h1-7,10-11,13H,8-9,12,15-17H2,(H,42,43). The van der Waals surface area contributed by atoms with Crippen molar-refractivity contribution in [2.45, 2.75) is 32.4 Å². The van der Waals surface area contributed by atoms with Crippen LogP contribution in [0.15, 0.2) is 60.7 Å². The smallest absolute Gasteiger partial charge is 0.354 e. The molecule has 0 aliphatic heterocycles. The summed E-state index contributed by atoms with van der Waals surface area (Å²) in [6.45, 7) is -0.603. The number of aromatic nitrogens is 4. The molecule has 2 aromatic carbocycles. The summed E-state index contributed by atoms with van der Waals surface area (Å²) in [5.74, 6) is -3.00. The third kappa shape index (κ3) is 5.68. The molecule has 0 radical (unpaired) electrons. The van der Waals surface area contributed by atoms with E-state index in [1.54, 1.807) is 4.57 Å². The van der Waals surface area contributed by atoms with E-state index < -0.39 is 35.5 Å². The van der Waals surface area contributed by atoms with Crippen LogP contribution >= 0.6 is 0 Å². The summed E-state index contributed by atoms with van der Waals surface area (Å²) in [6, 6.07) is 15.1. The Morgan fingerprint density at radius 1 is 0.977 bits per heavy atom. The second-order valence-corrected chi connectivity index (χ2v) is 10.8. The molecule has 1 aliphatic rings. The van der Waals surface area contributed by atoms with Crippen LogP contribution in [0.4, 0.5) is 17.6 Å². The molecule has 3 aromatic heterocycles. The van der Waals surface area contributed by atoms with Crippen molar-refractivity contribution in [2.75, 3.05) is 6.67 Å². The molecule has 44 heavy (non-hydrogen) atoms. The lowest BCUT2D eigenvalue weighted by atomic mass is 10.0. The fourth-order valence-corrected chi connectivity index (χ4v) is 4.94. The highest BCUT2D eigenvalue weighted by Gasteiger charge is 2.44. The number of alkyl halides is 1. The van der Waals surface area contributed by atoms with Crippen LogP contribution in [0, 0.1) is 34.2 Å². The number of benzene rings is 2. The minimum atomic E-state index is -1.24. The molecule has 222 valence electrons. The quantitative estimate of drug-likeness (QED) is 0.184. The lowest BCUT2D eigenvalue weighted by Gasteiger charge is -2.15. The highest BCUT2D eigenvalue weighted by Crippen LogP contribution is 2.48. The summed E-state index contributed by atoms with van der Waals surface area (Å²) in [4.78, 5) is 24.5. The van der Waals surface area contributed by atoms with Crippen molar-refractivity contribution in [3.63, 3.8) is 0 Å². The summed E-state index contributed by atoms with van der Waals surface area (Å²) >= 11 is 0. The first-order valence-corrected chi connectivity index (χ1v) is 13.6. The average molecular weight is 602 g/mol. The third-order valence-electron chi connectivity index (χ3n) is 7.67. The Hall–Kier alpha value is -5.31. The van der Waals surface area contributed by atoms with Crippen LogP contribution in [0.2, 0.25) is 0 Å². The van der Waals surface area contributed by atoms with Gasteiger partial charge in [0.2, 0.25) is 5.88 Å². The molecule has 1 saturated carbocycles. The molecule has 0 amide bonds. The highest BCUT2D eigenvalue weighted by molar-refractivity contribution is 5.88. The molecular formula is C32H23F4N5O3. The van der Waals surface area contributed by atoms with Crippen LogP contribution in [0.25, 0.3) is 22.4 Å². The number of rotatable bonds is 10. The molecule has 3 heterocycles. The molecule has 8 nitrogen and oxygen atoms in total. The number of carboxylic acids is 1. The third-order valence-corrected chi connectivity index (χ3v) is 7.67. The van der Waals surface area contributed by atoms with Crippen LogP contribution in [-0.4, -0.2) is 37.3 Å². The lowest BCUT2D eigenvalue weighted by molar-refractivity contribution is 0.0690. The van der Waals surface area contributed by atoms with Gasteiger partial charge in [0, 0.05) is 35.6 Å². The van der Waals surface area contributed by atoms with E-state index in [2.05, 4.69) is 15.0 Å². The number of ether oxygens (including phenoxy) is 1. The molecule has 5 aromatic rings. The van der Waals surface area contributed by atoms with Gasteiger partial charge in [-0.3, -0.25) is 4.39 Å². The minimum Gasteiger partial charge on any atom is -0.477 e. The van der Waals surface area contributed by atoms with Crippen LogP contribution in [-0.2, 0) is 19.6 Å². The summed E-state index contributed by atoms with van der Waals surface area (Å²) in [5, 5.41) is 18.3. The Morgan fingerprint density at radius 2 is 1.77 bits per heavy atom. The summed E-state index contributed by atoms with van der Waals surface area (Å²) in [7, 11) is 0. The second kappa shape index (κ2) is 11.4. The van der Waals surface area contributed by atoms with E-state index in [1.807, 2.05) is 6.07 Å². The maximum atomic E-state index is 15.5. The van der Waals surface area contributed by atoms with Gasteiger partial charge in [0.25, 0.3) is 0 Å². The first kappa shape index (κ1) is 28.8. The molecule has 0 atom stereocenters. The summed E-state index contributed by atoms with van der Waals surface area (Å²) < 4.78 is 66.1. The Balaban J connectivity index is 1.27. The number of hydrogen-bond acceptors (Lipinski definition) is 6. The summed E-state index contributed by atoms with van der Waals surface area (Å²) in [6.07, 6.45) is 1.12. The van der Waals surface area contributed by atoms with Crippen molar-refractivity contribution in [3.05, 3.63) is 106 Å². The van der Waals surface area contributed by atoms with Crippen LogP contribution in [0.3, 0.4) is 0 Å². The maximum absolute atomic E-state index is 15.5. The van der Waals surface area contributed by atoms with Gasteiger partial charge >= 0.3 is 5.97 Å². The first-order valence-electron chi connectivity index (χ1n) is 13.6. The van der Waals surface area contributed by atoms with Crippen molar-refractivity contribution in [3.8, 4) is 23.2 Å². The Bertz CT molecular complexity index is 1970. The fraction of sp³-hybridized carbons (Fsp3) is 0.219. The second-order valence-electron chi connectivity index (χ2n) is 10.8. The van der Waals surface area contributed by atoms with Gasteiger partial charge in [-0.05, 0) is 60.9 Å². The van der Waals surface area contributed by atoms with Gasteiger partial charge in [0.15, 0.2) is 11.3 Å². The van der Waals surface area contributed by atoms with Gasteiger partial charge in [-0.2, -0.15) is 5.26 Å². The SMILES string of the molecule is N#Cc1ccc(COc2cccc(-c3cc(F)c(Cc4nc5ccc(C(=O)O)nc5n4CC4(CF)CC4)cc3F)n2)c(F)c1. The monoisotopic (exact) mass is 601 g/mol. The zero-order valence-electron chi connectivity index (χ0n) is 23.0. The van der Waals surface area contributed by atoms with Gasteiger partial charge in [-0.15, -0.1) is 0 Å². The van der Waals surface area contributed by atoms with E-state index in [0.717, 1.165) is 18.2 Å². The number of pyridine rings is 2. The van der Waals surface area contributed by atoms with Gasteiger partial charge in [0.1, 0.15) is 35.4 Å². The Labute approximate surface area is 248 Å². The van der Waals surface area contributed by atoms with Crippen molar-refractivity contribution < 1.29 is 32.2 Å². The van der Waals surface area contributed by atoms with Crippen molar-refractivity contribution in [1.82, 2.24) is 19.5 Å². The van der Waals surface area contributed by atoms with Crippen LogP contribution in [0.5, 0.6) is 5.88 Å². The number of hydrogen-bond donors (Lipinski definition) is 1. The van der Waals surface area contributed by atoms with Crippen molar-refractivity contribution >= 4 is 17.1 Å². The Morgan fingerprint density at radius 3 is 2.48 bits per heavy atom. The number of nitrogens with zero attached hydrogens (tertiary/aromatic N) is 5. The summed E-state index contributed by atoms with van der Waals surface area (Å²) in [5.41, 5.74) is 0.0591. The molecule has 6 rings (SSSR count). The van der Waals surface area contributed by atoms with Gasteiger partial charge in [-0.1, -0.05) is 12.1 Å². The van der Waals surface area contributed by atoms with Gasteiger partial charge in [-0.25, -0.2) is 32.9 Å². The van der Waals surface area contributed by atoms with E-state index in [0.29, 0.717) is 24.2 Å². The molecule has 0 bridgehead atoms. The lowest BCUT2D eigenvalue weighted by Crippen LogP contribution is -2.17. The van der Waals surface area contributed by atoms with E-state index in [4.69, 9.17) is 10.00 Å². The predicted octanol–water partition coefficient (Wildman–Crippen LogP) is 6.40. The van der Waals surface area contributed by atoms with Gasteiger partial charge in [0.05, 0.1) is 24.0 Å². The number of carboxylic acid groups (broad SMARTS) is 1. The highest BCUT2D eigenvalue weighted by atomic mass is 19.1. The molecule has 0 unspecified atom stereocenters. The number of halogens is 4. The largest absolute Gasteiger partial charge is 0.477 e.